The molecule has 1 heterocycles. The van der Waals surface area contributed by atoms with Crippen LogP contribution in [0.15, 0.2) is 0 Å². The fraction of sp³-hybridized carbons (Fsp3) is 0.833. The number of thiocarbonyl (C=S) groups is 1. The molecule has 2 atom stereocenters. The number of nitrogens with one attached hydrogen (secondary N) is 1. The first-order valence-corrected chi connectivity index (χ1v) is 3.66. The largest absolute Gasteiger partial charge is 0.369 e. The van der Waals surface area contributed by atoms with Crippen molar-refractivity contribution in [2.45, 2.75) is 31.5 Å². The van der Waals surface area contributed by atoms with Crippen LogP contribution >= 0.6 is 12.2 Å². The zero-order valence-electron chi connectivity index (χ0n) is 5.90. The molecule has 1 saturated heterocycles. The summed E-state index contributed by atoms with van der Waals surface area (Å²) in [6.07, 6.45) is -2.49. The summed E-state index contributed by atoms with van der Waals surface area (Å²) < 4.78 is 37.9. The maximum absolute atomic E-state index is 12.7. The molecular formula is C6H8F3NS. The van der Waals surface area contributed by atoms with Crippen LogP contribution in [-0.4, -0.2) is 23.1 Å². The molecule has 0 radical (unpaired) electrons. The van der Waals surface area contributed by atoms with Crippen molar-refractivity contribution in [2.24, 2.45) is 0 Å². The average Bonchev–Trinajstić information content (AvgIpc) is 1.83. The zero-order valence-corrected chi connectivity index (χ0v) is 6.72. The Balaban J connectivity index is 2.70. The van der Waals surface area contributed by atoms with Gasteiger partial charge in [0.15, 0.2) is 6.17 Å². The fourth-order valence-electron chi connectivity index (χ4n) is 0.918. The van der Waals surface area contributed by atoms with E-state index in [2.05, 4.69) is 17.5 Å². The van der Waals surface area contributed by atoms with E-state index < -0.39 is 24.6 Å². The van der Waals surface area contributed by atoms with Gasteiger partial charge < -0.3 is 5.32 Å². The number of halogens is 3. The third kappa shape index (κ3) is 1.64. The second-order valence-corrected chi connectivity index (χ2v) is 3.10. The molecule has 0 aromatic carbocycles. The predicted octanol–water partition coefficient (Wildman–Crippen LogP) is 1.67. The van der Waals surface area contributed by atoms with Crippen molar-refractivity contribution >= 4 is 17.2 Å². The minimum absolute atomic E-state index is 0.108. The van der Waals surface area contributed by atoms with E-state index in [1.165, 1.54) is 6.92 Å². The third-order valence-electron chi connectivity index (χ3n) is 1.73. The molecule has 1 fully saturated rings. The molecule has 0 spiro atoms. The van der Waals surface area contributed by atoms with Crippen LogP contribution in [0.1, 0.15) is 13.3 Å². The van der Waals surface area contributed by atoms with E-state index in [1.54, 1.807) is 0 Å². The van der Waals surface area contributed by atoms with E-state index in [9.17, 15) is 13.2 Å². The number of piperidine rings is 1. The summed E-state index contributed by atoms with van der Waals surface area (Å²) in [4.78, 5) is -0.108. The first-order chi connectivity index (χ1) is 4.93. The van der Waals surface area contributed by atoms with E-state index in [0.29, 0.717) is 0 Å². The van der Waals surface area contributed by atoms with Gasteiger partial charge in [-0.2, -0.15) is 0 Å². The quantitative estimate of drug-likeness (QED) is 0.573. The maximum atomic E-state index is 12.7. The summed E-state index contributed by atoms with van der Waals surface area (Å²) in [5.74, 6) is -2.98. The van der Waals surface area contributed by atoms with Gasteiger partial charge in [-0.15, -0.1) is 0 Å². The van der Waals surface area contributed by atoms with Crippen LogP contribution in [0.3, 0.4) is 0 Å². The van der Waals surface area contributed by atoms with Gasteiger partial charge in [-0.1, -0.05) is 12.2 Å². The highest BCUT2D eigenvalue weighted by molar-refractivity contribution is 7.80. The van der Waals surface area contributed by atoms with Gasteiger partial charge in [0.1, 0.15) is 4.99 Å². The fourth-order valence-corrected chi connectivity index (χ4v) is 1.18. The summed E-state index contributed by atoms with van der Waals surface area (Å²) in [7, 11) is 0. The smallest absolute Gasteiger partial charge is 0.270 e. The molecule has 1 rings (SSSR count). The van der Waals surface area contributed by atoms with E-state index in [1.807, 2.05) is 0 Å². The highest BCUT2D eigenvalue weighted by atomic mass is 32.1. The lowest BCUT2D eigenvalue weighted by molar-refractivity contribution is -0.0535. The van der Waals surface area contributed by atoms with Gasteiger partial charge in [-0.3, -0.25) is 0 Å². The average molecular weight is 183 g/mol. The lowest BCUT2D eigenvalue weighted by Crippen LogP contribution is -2.54. The standard InChI is InChI=1S/C6H8F3NS/c1-3-6(8,9)2-4(7)5(11)10-3/h3-4H,2H2,1H3,(H,10,11). The molecular weight excluding hydrogens is 175 g/mol. The monoisotopic (exact) mass is 183 g/mol. The molecule has 0 aliphatic carbocycles. The first-order valence-electron chi connectivity index (χ1n) is 3.26. The molecule has 64 valence electrons. The van der Waals surface area contributed by atoms with Crippen molar-refractivity contribution in [3.8, 4) is 0 Å². The Kier molecular flexibility index (Phi) is 2.09. The normalized spacial score (nSPS) is 36.5. The van der Waals surface area contributed by atoms with Crippen molar-refractivity contribution in [1.82, 2.24) is 5.32 Å². The molecule has 11 heavy (non-hydrogen) atoms. The van der Waals surface area contributed by atoms with Crippen LogP contribution in [0.25, 0.3) is 0 Å². The van der Waals surface area contributed by atoms with Gasteiger partial charge in [0, 0.05) is 0 Å². The van der Waals surface area contributed by atoms with E-state index in [4.69, 9.17) is 0 Å². The molecule has 0 aromatic heterocycles. The van der Waals surface area contributed by atoms with Crippen molar-refractivity contribution in [1.29, 1.82) is 0 Å². The van der Waals surface area contributed by atoms with Gasteiger partial charge in [0.25, 0.3) is 5.92 Å². The Morgan fingerprint density at radius 3 is 2.64 bits per heavy atom. The highest BCUT2D eigenvalue weighted by Crippen LogP contribution is 2.29. The van der Waals surface area contributed by atoms with Gasteiger partial charge in [0.2, 0.25) is 0 Å². The molecule has 1 N–H and O–H groups in total. The summed E-state index contributed by atoms with van der Waals surface area (Å²) in [6, 6.07) is -1.05. The summed E-state index contributed by atoms with van der Waals surface area (Å²) >= 11 is 4.49. The molecule has 0 aromatic rings. The molecule has 0 bridgehead atoms. The molecule has 0 saturated carbocycles. The van der Waals surface area contributed by atoms with Crippen molar-refractivity contribution in [3.05, 3.63) is 0 Å². The Morgan fingerprint density at radius 1 is 1.64 bits per heavy atom. The van der Waals surface area contributed by atoms with E-state index in [0.717, 1.165) is 0 Å². The number of alkyl halides is 3. The molecule has 1 aliphatic heterocycles. The Bertz CT molecular complexity index is 183. The van der Waals surface area contributed by atoms with Crippen LogP contribution in [-0.2, 0) is 0 Å². The molecule has 1 aliphatic rings. The van der Waals surface area contributed by atoms with Gasteiger partial charge in [0.05, 0.1) is 12.5 Å². The van der Waals surface area contributed by atoms with E-state index in [-0.39, 0.29) is 4.99 Å². The Morgan fingerprint density at radius 2 is 2.18 bits per heavy atom. The van der Waals surface area contributed by atoms with Crippen LogP contribution < -0.4 is 5.32 Å². The van der Waals surface area contributed by atoms with Crippen LogP contribution in [0.4, 0.5) is 13.2 Å². The molecule has 5 heteroatoms. The Hall–Kier alpha value is -0.320. The minimum Gasteiger partial charge on any atom is -0.369 e. The lowest BCUT2D eigenvalue weighted by Gasteiger charge is -2.32. The van der Waals surface area contributed by atoms with Crippen molar-refractivity contribution in [2.75, 3.05) is 0 Å². The summed E-state index contributed by atoms with van der Waals surface area (Å²) in [5, 5.41) is 2.23. The van der Waals surface area contributed by atoms with Crippen molar-refractivity contribution in [3.63, 3.8) is 0 Å². The van der Waals surface area contributed by atoms with Gasteiger partial charge in [-0.05, 0) is 6.92 Å². The highest BCUT2D eigenvalue weighted by Gasteiger charge is 2.45. The Labute approximate surface area is 68.0 Å². The third-order valence-corrected chi connectivity index (χ3v) is 2.10. The maximum Gasteiger partial charge on any atom is 0.270 e. The van der Waals surface area contributed by atoms with Gasteiger partial charge >= 0.3 is 0 Å². The number of hydrogen-bond donors (Lipinski definition) is 1. The second-order valence-electron chi connectivity index (χ2n) is 2.66. The topological polar surface area (TPSA) is 12.0 Å². The number of hydrogen-bond acceptors (Lipinski definition) is 1. The zero-order chi connectivity index (χ0) is 8.65. The first kappa shape index (κ1) is 8.77. The summed E-state index contributed by atoms with van der Waals surface area (Å²) in [5.41, 5.74) is 0. The second kappa shape index (κ2) is 2.62. The molecule has 1 nitrogen and oxygen atoms in total. The lowest BCUT2D eigenvalue weighted by atomic mass is 10.0. The van der Waals surface area contributed by atoms with Crippen molar-refractivity contribution < 1.29 is 13.2 Å². The van der Waals surface area contributed by atoms with Gasteiger partial charge in [-0.25, -0.2) is 13.2 Å². The van der Waals surface area contributed by atoms with Crippen LogP contribution in [0.5, 0.6) is 0 Å². The van der Waals surface area contributed by atoms with Crippen LogP contribution in [0.2, 0.25) is 0 Å². The predicted molar refractivity (Wildman–Crippen MR) is 39.7 cm³/mol. The molecule has 2 unspecified atom stereocenters. The van der Waals surface area contributed by atoms with Crippen LogP contribution in [0, 0.1) is 0 Å². The van der Waals surface area contributed by atoms with E-state index >= 15 is 0 Å². The molecule has 0 amide bonds. The number of rotatable bonds is 0. The summed E-state index contributed by atoms with van der Waals surface area (Å²) in [6.45, 7) is 1.29. The minimum atomic E-state index is -2.98. The SMILES string of the molecule is CC1NC(=S)C(F)CC1(F)F.